The summed E-state index contributed by atoms with van der Waals surface area (Å²) in [5.74, 6) is -0.230. The van der Waals surface area contributed by atoms with Gasteiger partial charge < -0.3 is 9.47 Å². The lowest BCUT2D eigenvalue weighted by Crippen LogP contribution is -2.20. The first-order chi connectivity index (χ1) is 8.02. The molecule has 0 aliphatic heterocycles. The van der Waals surface area contributed by atoms with Crippen molar-refractivity contribution in [3.8, 4) is 0 Å². The predicted octanol–water partition coefficient (Wildman–Crippen LogP) is 1.61. The molecule has 96 valence electrons. The van der Waals surface area contributed by atoms with Gasteiger partial charge in [-0.25, -0.2) is 0 Å². The molecule has 0 bridgehead atoms. The molecule has 0 aliphatic carbocycles. The molecule has 17 heavy (non-hydrogen) atoms. The van der Waals surface area contributed by atoms with Crippen molar-refractivity contribution in [3.63, 3.8) is 0 Å². The van der Waals surface area contributed by atoms with Crippen molar-refractivity contribution < 1.29 is 14.3 Å². The second kappa shape index (κ2) is 6.63. The summed E-state index contributed by atoms with van der Waals surface area (Å²) < 4.78 is 10.3. The molecule has 1 rings (SSSR count). The maximum atomic E-state index is 11.4. The van der Waals surface area contributed by atoms with Crippen LogP contribution in [0.25, 0.3) is 0 Å². The molecule has 1 amide bonds. The van der Waals surface area contributed by atoms with Gasteiger partial charge in [0.2, 0.25) is 5.13 Å². The number of amides is 1. The molecule has 1 atom stereocenters. The minimum absolute atomic E-state index is 0.0202. The molecule has 0 saturated carbocycles. The zero-order chi connectivity index (χ0) is 12.8. The standard InChI is InChI=1S/C10H17N3O3S/c1-6(2)16-5-8(14)11-10-13-12-9(17-10)7(3)15-4/h6-7H,5H2,1-4H3,(H,11,13,14). The molecule has 0 fully saturated rings. The Morgan fingerprint density at radius 2 is 2.12 bits per heavy atom. The van der Waals surface area contributed by atoms with Crippen LogP contribution in [-0.4, -0.2) is 35.9 Å². The number of rotatable bonds is 6. The fraction of sp³-hybridized carbons (Fsp3) is 0.700. The van der Waals surface area contributed by atoms with Crippen molar-refractivity contribution in [1.82, 2.24) is 10.2 Å². The van der Waals surface area contributed by atoms with Crippen molar-refractivity contribution >= 4 is 22.4 Å². The van der Waals surface area contributed by atoms with Crippen LogP contribution >= 0.6 is 11.3 Å². The third-order valence-electron chi connectivity index (χ3n) is 1.94. The molecule has 0 aliphatic rings. The Kier molecular flexibility index (Phi) is 5.46. The molecule has 0 saturated heterocycles. The van der Waals surface area contributed by atoms with Crippen molar-refractivity contribution in [1.29, 1.82) is 0 Å². The maximum Gasteiger partial charge on any atom is 0.252 e. The molecular formula is C10H17N3O3S. The zero-order valence-electron chi connectivity index (χ0n) is 10.4. The van der Waals surface area contributed by atoms with Crippen LogP contribution in [0.1, 0.15) is 31.9 Å². The summed E-state index contributed by atoms with van der Waals surface area (Å²) in [6.45, 7) is 5.63. The third kappa shape index (κ3) is 4.76. The van der Waals surface area contributed by atoms with E-state index in [4.69, 9.17) is 9.47 Å². The summed E-state index contributed by atoms with van der Waals surface area (Å²) in [6.07, 6.45) is -0.0932. The van der Waals surface area contributed by atoms with Crippen molar-refractivity contribution in [3.05, 3.63) is 5.01 Å². The van der Waals surface area contributed by atoms with E-state index in [1.807, 2.05) is 20.8 Å². The van der Waals surface area contributed by atoms with Gasteiger partial charge in [-0.2, -0.15) is 0 Å². The molecule has 6 nitrogen and oxygen atoms in total. The third-order valence-corrected chi connectivity index (χ3v) is 2.94. The van der Waals surface area contributed by atoms with Crippen LogP contribution in [0.4, 0.5) is 5.13 Å². The number of nitrogens with one attached hydrogen (secondary N) is 1. The Morgan fingerprint density at radius 3 is 2.71 bits per heavy atom. The molecule has 0 spiro atoms. The highest BCUT2D eigenvalue weighted by Gasteiger charge is 2.13. The summed E-state index contributed by atoms with van der Waals surface area (Å²) in [4.78, 5) is 11.4. The quantitative estimate of drug-likeness (QED) is 0.840. The molecule has 1 heterocycles. The molecule has 1 aromatic heterocycles. The van der Waals surface area contributed by atoms with Gasteiger partial charge in [0.1, 0.15) is 17.7 Å². The molecule has 0 aromatic carbocycles. The van der Waals surface area contributed by atoms with Crippen molar-refractivity contribution in [2.75, 3.05) is 19.0 Å². The van der Waals surface area contributed by atoms with Gasteiger partial charge >= 0.3 is 0 Å². The van der Waals surface area contributed by atoms with E-state index < -0.39 is 0 Å². The topological polar surface area (TPSA) is 73.3 Å². The smallest absolute Gasteiger partial charge is 0.252 e. The number of carbonyl (C=O) groups excluding carboxylic acids is 1. The van der Waals surface area contributed by atoms with Crippen LogP contribution in [0.15, 0.2) is 0 Å². The summed E-state index contributed by atoms with van der Waals surface area (Å²) in [5, 5.41) is 11.6. The van der Waals surface area contributed by atoms with Crippen LogP contribution in [0.5, 0.6) is 0 Å². The highest BCUT2D eigenvalue weighted by Crippen LogP contribution is 2.23. The van der Waals surface area contributed by atoms with E-state index in [1.165, 1.54) is 11.3 Å². The van der Waals surface area contributed by atoms with E-state index in [0.29, 0.717) is 5.13 Å². The minimum Gasteiger partial charge on any atom is -0.374 e. The van der Waals surface area contributed by atoms with E-state index in [-0.39, 0.29) is 24.7 Å². The number of anilines is 1. The predicted molar refractivity (Wildman–Crippen MR) is 65.1 cm³/mol. The number of nitrogens with zero attached hydrogens (tertiary/aromatic N) is 2. The van der Waals surface area contributed by atoms with E-state index in [9.17, 15) is 4.79 Å². The van der Waals surface area contributed by atoms with Crippen LogP contribution in [-0.2, 0) is 14.3 Å². The minimum atomic E-state index is -0.230. The number of hydrogen-bond acceptors (Lipinski definition) is 6. The van der Waals surface area contributed by atoms with E-state index in [0.717, 1.165) is 5.01 Å². The summed E-state index contributed by atoms with van der Waals surface area (Å²) in [6, 6.07) is 0. The van der Waals surface area contributed by atoms with Gasteiger partial charge in [0, 0.05) is 7.11 Å². The fourth-order valence-corrected chi connectivity index (χ4v) is 1.74. The Labute approximate surface area is 104 Å². The van der Waals surface area contributed by atoms with Crippen LogP contribution < -0.4 is 5.32 Å². The number of ether oxygens (including phenoxy) is 2. The first kappa shape index (κ1) is 14.0. The van der Waals surface area contributed by atoms with Crippen LogP contribution in [0.2, 0.25) is 0 Å². The Bertz CT molecular complexity index is 367. The first-order valence-corrected chi connectivity index (χ1v) is 6.12. The van der Waals surface area contributed by atoms with Gasteiger partial charge in [-0.05, 0) is 20.8 Å². The lowest BCUT2D eigenvalue weighted by atomic mass is 10.4. The second-order valence-corrected chi connectivity index (χ2v) is 4.74. The lowest BCUT2D eigenvalue weighted by molar-refractivity contribution is -0.121. The highest BCUT2D eigenvalue weighted by molar-refractivity contribution is 7.15. The van der Waals surface area contributed by atoms with Gasteiger partial charge in [0.05, 0.1) is 6.10 Å². The van der Waals surface area contributed by atoms with Gasteiger partial charge in [-0.3, -0.25) is 10.1 Å². The number of methoxy groups -OCH3 is 1. The monoisotopic (exact) mass is 259 g/mol. The highest BCUT2D eigenvalue weighted by atomic mass is 32.1. The number of carbonyl (C=O) groups is 1. The zero-order valence-corrected chi connectivity index (χ0v) is 11.2. The van der Waals surface area contributed by atoms with Crippen LogP contribution in [0.3, 0.4) is 0 Å². The lowest BCUT2D eigenvalue weighted by Gasteiger charge is -2.06. The van der Waals surface area contributed by atoms with E-state index >= 15 is 0 Å². The SMILES string of the molecule is COC(C)c1nnc(NC(=O)COC(C)C)s1. The Balaban J connectivity index is 2.46. The average molecular weight is 259 g/mol. The number of aromatic nitrogens is 2. The molecule has 1 aromatic rings. The van der Waals surface area contributed by atoms with Gasteiger partial charge in [0.25, 0.3) is 5.91 Å². The second-order valence-electron chi connectivity index (χ2n) is 3.73. The molecular weight excluding hydrogens is 242 g/mol. The van der Waals surface area contributed by atoms with Crippen LogP contribution in [0, 0.1) is 0 Å². The van der Waals surface area contributed by atoms with Gasteiger partial charge in [0.15, 0.2) is 0 Å². The van der Waals surface area contributed by atoms with Gasteiger partial charge in [-0.15, -0.1) is 10.2 Å². The normalized spacial score (nSPS) is 12.8. The Morgan fingerprint density at radius 1 is 1.41 bits per heavy atom. The van der Waals surface area contributed by atoms with E-state index in [2.05, 4.69) is 15.5 Å². The average Bonchev–Trinajstić information content (AvgIpc) is 2.73. The summed E-state index contributed by atoms with van der Waals surface area (Å²) >= 11 is 1.29. The van der Waals surface area contributed by atoms with E-state index in [1.54, 1.807) is 7.11 Å². The van der Waals surface area contributed by atoms with Crippen molar-refractivity contribution in [2.24, 2.45) is 0 Å². The first-order valence-electron chi connectivity index (χ1n) is 5.30. The maximum absolute atomic E-state index is 11.4. The molecule has 1 N–H and O–H groups in total. The number of hydrogen-bond donors (Lipinski definition) is 1. The molecule has 7 heteroatoms. The summed E-state index contributed by atoms with van der Waals surface area (Å²) in [5.41, 5.74) is 0. The molecule has 0 radical (unpaired) electrons. The van der Waals surface area contributed by atoms with Gasteiger partial charge in [-0.1, -0.05) is 11.3 Å². The molecule has 1 unspecified atom stereocenters. The van der Waals surface area contributed by atoms with Crippen molar-refractivity contribution in [2.45, 2.75) is 33.0 Å². The Hall–Kier alpha value is -1.05. The largest absolute Gasteiger partial charge is 0.374 e. The summed E-state index contributed by atoms with van der Waals surface area (Å²) in [7, 11) is 1.60. The fourth-order valence-electron chi connectivity index (χ4n) is 0.948.